The van der Waals surface area contributed by atoms with Crippen molar-refractivity contribution in [2.24, 2.45) is 11.8 Å². The quantitative estimate of drug-likeness (QED) is 0.883. The zero-order valence-corrected chi connectivity index (χ0v) is 13.7. The Bertz CT molecular complexity index is 561. The number of benzene rings is 1. The maximum atomic E-state index is 12.3. The van der Waals surface area contributed by atoms with Gasteiger partial charge in [-0.1, -0.05) is 15.9 Å². The summed E-state index contributed by atoms with van der Waals surface area (Å²) in [7, 11) is -3.17. The fourth-order valence-corrected chi connectivity index (χ4v) is 4.69. The van der Waals surface area contributed by atoms with Crippen molar-refractivity contribution in [3.05, 3.63) is 28.7 Å². The molecule has 0 unspecified atom stereocenters. The zero-order chi connectivity index (χ0) is 14.2. The lowest BCUT2D eigenvalue weighted by molar-refractivity contribution is 0.331. The standard InChI is InChI=1S/C14H19BrN2O2S/c15-13-1-3-14(4-2-13)20(18,19)6-5-17-9-11-7-16-8-12(11)10-17/h1-4,11-12,16H,5-10H2/t11-,12+. The third kappa shape index (κ3) is 3.08. The van der Waals surface area contributed by atoms with E-state index in [-0.39, 0.29) is 5.75 Å². The van der Waals surface area contributed by atoms with Gasteiger partial charge >= 0.3 is 0 Å². The second-order valence-corrected chi connectivity index (χ2v) is 8.74. The van der Waals surface area contributed by atoms with Crippen molar-refractivity contribution in [3.63, 3.8) is 0 Å². The van der Waals surface area contributed by atoms with Crippen LogP contribution >= 0.6 is 15.9 Å². The molecule has 4 nitrogen and oxygen atoms in total. The lowest BCUT2D eigenvalue weighted by Crippen LogP contribution is -2.30. The summed E-state index contributed by atoms with van der Waals surface area (Å²) in [5.41, 5.74) is 0. The van der Waals surface area contributed by atoms with Crippen molar-refractivity contribution in [2.45, 2.75) is 4.90 Å². The van der Waals surface area contributed by atoms with Gasteiger partial charge in [0.2, 0.25) is 0 Å². The van der Waals surface area contributed by atoms with Crippen molar-refractivity contribution in [1.29, 1.82) is 0 Å². The van der Waals surface area contributed by atoms with Gasteiger partial charge in [0.1, 0.15) is 0 Å². The molecule has 1 aromatic rings. The van der Waals surface area contributed by atoms with E-state index in [0.717, 1.165) is 30.7 Å². The number of hydrogen-bond acceptors (Lipinski definition) is 4. The summed E-state index contributed by atoms with van der Waals surface area (Å²) in [4.78, 5) is 2.72. The van der Waals surface area contributed by atoms with E-state index in [4.69, 9.17) is 0 Å². The minimum atomic E-state index is -3.17. The number of sulfone groups is 1. The van der Waals surface area contributed by atoms with Crippen LogP contribution in [0.4, 0.5) is 0 Å². The van der Waals surface area contributed by atoms with Crippen LogP contribution in [0.1, 0.15) is 0 Å². The topological polar surface area (TPSA) is 49.4 Å². The van der Waals surface area contributed by atoms with E-state index < -0.39 is 9.84 Å². The molecular formula is C14H19BrN2O2S. The van der Waals surface area contributed by atoms with Gasteiger partial charge in [-0.25, -0.2) is 8.42 Å². The molecular weight excluding hydrogens is 340 g/mol. The van der Waals surface area contributed by atoms with Gasteiger partial charge < -0.3 is 10.2 Å². The van der Waals surface area contributed by atoms with Gasteiger partial charge in [-0.3, -0.25) is 0 Å². The number of fused-ring (bicyclic) bond motifs is 1. The highest BCUT2D eigenvalue weighted by Crippen LogP contribution is 2.26. The number of nitrogens with zero attached hydrogens (tertiary/aromatic N) is 1. The number of likely N-dealkylation sites (tertiary alicyclic amines) is 1. The molecule has 0 bridgehead atoms. The minimum absolute atomic E-state index is 0.210. The van der Waals surface area contributed by atoms with E-state index in [2.05, 4.69) is 26.1 Å². The van der Waals surface area contributed by atoms with Gasteiger partial charge in [-0.05, 0) is 49.2 Å². The Hall–Kier alpha value is -0.430. The molecule has 0 amide bonds. The van der Waals surface area contributed by atoms with Crippen LogP contribution in [-0.4, -0.2) is 51.8 Å². The van der Waals surface area contributed by atoms with Gasteiger partial charge in [0, 0.05) is 24.1 Å². The molecule has 3 rings (SSSR count). The molecule has 0 aromatic heterocycles. The van der Waals surface area contributed by atoms with Crippen molar-refractivity contribution >= 4 is 25.8 Å². The van der Waals surface area contributed by atoms with Crippen molar-refractivity contribution in [3.8, 4) is 0 Å². The zero-order valence-electron chi connectivity index (χ0n) is 11.3. The van der Waals surface area contributed by atoms with Crippen LogP contribution in [-0.2, 0) is 9.84 Å². The molecule has 2 aliphatic rings. The minimum Gasteiger partial charge on any atom is -0.316 e. The smallest absolute Gasteiger partial charge is 0.179 e. The van der Waals surface area contributed by atoms with Crippen molar-refractivity contribution < 1.29 is 8.42 Å². The van der Waals surface area contributed by atoms with Gasteiger partial charge in [0.05, 0.1) is 10.6 Å². The van der Waals surface area contributed by atoms with Crippen molar-refractivity contribution in [1.82, 2.24) is 10.2 Å². The van der Waals surface area contributed by atoms with Crippen LogP contribution < -0.4 is 5.32 Å². The van der Waals surface area contributed by atoms with Gasteiger partial charge in [0.15, 0.2) is 9.84 Å². The van der Waals surface area contributed by atoms with Crippen molar-refractivity contribution in [2.75, 3.05) is 38.5 Å². The number of rotatable bonds is 4. The molecule has 20 heavy (non-hydrogen) atoms. The SMILES string of the molecule is O=S(=O)(CCN1C[C@H]2CNC[C@H]2C1)c1ccc(Br)cc1. The van der Waals surface area contributed by atoms with Gasteiger partial charge in [-0.2, -0.15) is 0 Å². The van der Waals surface area contributed by atoms with Crippen LogP contribution in [0.15, 0.2) is 33.6 Å². The molecule has 2 saturated heterocycles. The van der Waals surface area contributed by atoms with E-state index in [0.29, 0.717) is 23.3 Å². The summed E-state index contributed by atoms with van der Waals surface area (Å²) in [5, 5.41) is 3.40. The predicted octanol–water partition coefficient (Wildman–Crippen LogP) is 1.37. The number of halogens is 1. The Morgan fingerprint density at radius 2 is 1.75 bits per heavy atom. The van der Waals surface area contributed by atoms with Crippen LogP contribution in [0.25, 0.3) is 0 Å². The van der Waals surface area contributed by atoms with Gasteiger partial charge in [0.25, 0.3) is 0 Å². The van der Waals surface area contributed by atoms with E-state index in [9.17, 15) is 8.42 Å². The molecule has 2 heterocycles. The molecule has 2 fully saturated rings. The Labute approximate surface area is 128 Å². The lowest BCUT2D eigenvalue weighted by Gasteiger charge is -2.16. The average molecular weight is 359 g/mol. The molecule has 0 spiro atoms. The average Bonchev–Trinajstić information content (AvgIpc) is 2.97. The normalized spacial score (nSPS) is 26.9. The molecule has 2 atom stereocenters. The summed E-state index contributed by atoms with van der Waals surface area (Å²) in [6.07, 6.45) is 0. The number of nitrogens with one attached hydrogen (secondary N) is 1. The molecule has 110 valence electrons. The monoisotopic (exact) mass is 358 g/mol. The maximum absolute atomic E-state index is 12.3. The fraction of sp³-hybridized carbons (Fsp3) is 0.571. The first kappa shape index (κ1) is 14.5. The van der Waals surface area contributed by atoms with E-state index >= 15 is 0 Å². The maximum Gasteiger partial charge on any atom is 0.179 e. The number of hydrogen-bond donors (Lipinski definition) is 1. The molecule has 2 aliphatic heterocycles. The van der Waals surface area contributed by atoms with Crippen LogP contribution in [0.5, 0.6) is 0 Å². The third-order valence-electron chi connectivity index (χ3n) is 4.31. The highest BCUT2D eigenvalue weighted by Gasteiger charge is 2.36. The first-order valence-electron chi connectivity index (χ1n) is 6.96. The molecule has 0 radical (unpaired) electrons. The Morgan fingerprint density at radius 3 is 2.35 bits per heavy atom. The van der Waals surface area contributed by atoms with Crippen LogP contribution in [0, 0.1) is 11.8 Å². The van der Waals surface area contributed by atoms with E-state index in [1.165, 1.54) is 0 Å². The Balaban J connectivity index is 1.59. The second kappa shape index (κ2) is 5.75. The fourth-order valence-electron chi connectivity index (χ4n) is 3.14. The third-order valence-corrected chi connectivity index (χ3v) is 6.55. The predicted molar refractivity (Wildman–Crippen MR) is 82.5 cm³/mol. The molecule has 0 aliphatic carbocycles. The highest BCUT2D eigenvalue weighted by molar-refractivity contribution is 9.10. The summed E-state index contributed by atoms with van der Waals surface area (Å²) < 4.78 is 25.5. The summed E-state index contributed by atoms with van der Waals surface area (Å²) in [6.45, 7) is 4.88. The molecule has 6 heteroatoms. The largest absolute Gasteiger partial charge is 0.316 e. The first-order valence-corrected chi connectivity index (χ1v) is 9.40. The van der Waals surface area contributed by atoms with Crippen LogP contribution in [0.2, 0.25) is 0 Å². The summed E-state index contributed by atoms with van der Waals surface area (Å²) in [5.74, 6) is 1.64. The summed E-state index contributed by atoms with van der Waals surface area (Å²) >= 11 is 3.32. The Kier molecular flexibility index (Phi) is 4.17. The van der Waals surface area contributed by atoms with Crippen LogP contribution in [0.3, 0.4) is 0 Å². The second-order valence-electron chi connectivity index (χ2n) is 5.71. The molecule has 0 saturated carbocycles. The van der Waals surface area contributed by atoms with Gasteiger partial charge in [-0.15, -0.1) is 0 Å². The Morgan fingerprint density at radius 1 is 1.15 bits per heavy atom. The molecule has 1 N–H and O–H groups in total. The summed E-state index contributed by atoms with van der Waals surface area (Å²) in [6, 6.07) is 6.89. The van der Waals surface area contributed by atoms with E-state index in [1.54, 1.807) is 24.3 Å². The first-order chi connectivity index (χ1) is 9.54. The lowest BCUT2D eigenvalue weighted by atomic mass is 10.0. The highest BCUT2D eigenvalue weighted by atomic mass is 79.9. The molecule has 1 aromatic carbocycles. The van der Waals surface area contributed by atoms with E-state index in [1.807, 2.05) is 0 Å².